The summed E-state index contributed by atoms with van der Waals surface area (Å²) in [4.78, 5) is 32.4. The Morgan fingerprint density at radius 1 is 1.44 bits per heavy atom. The maximum absolute atomic E-state index is 11.3. The van der Waals surface area contributed by atoms with Gasteiger partial charge in [0.05, 0.1) is 6.54 Å². The Morgan fingerprint density at radius 2 is 2.19 bits per heavy atom. The smallest absolute Gasteiger partial charge is 0.404 e. The highest BCUT2D eigenvalue weighted by molar-refractivity contribution is 5.94. The summed E-state index contributed by atoms with van der Waals surface area (Å²) in [5, 5.41) is 15.6. The summed E-state index contributed by atoms with van der Waals surface area (Å²) < 4.78 is 0. The summed E-state index contributed by atoms with van der Waals surface area (Å²) in [5.74, 6) is -0.362. The van der Waals surface area contributed by atoms with E-state index in [0.717, 1.165) is 0 Å². The highest BCUT2D eigenvalue weighted by atomic mass is 16.4. The number of amides is 3. The van der Waals surface area contributed by atoms with E-state index >= 15 is 0 Å². The molecule has 0 aromatic carbocycles. The number of carbonyl (C=O) groups is 3. The Kier molecular flexibility index (Phi) is 4.56. The van der Waals surface area contributed by atoms with E-state index in [9.17, 15) is 14.4 Å². The van der Waals surface area contributed by atoms with Crippen LogP contribution in [0.2, 0.25) is 0 Å². The lowest BCUT2D eigenvalue weighted by molar-refractivity contribution is -0.133. The van der Waals surface area contributed by atoms with E-state index in [1.165, 1.54) is 0 Å². The van der Waals surface area contributed by atoms with Crippen LogP contribution in [0.1, 0.15) is 19.3 Å². The Labute approximate surface area is 92.6 Å². The number of rotatable bonds is 5. The van der Waals surface area contributed by atoms with Crippen molar-refractivity contribution in [2.24, 2.45) is 0 Å². The molecule has 0 aliphatic carbocycles. The zero-order chi connectivity index (χ0) is 12.0. The van der Waals surface area contributed by atoms with Crippen molar-refractivity contribution in [3.63, 3.8) is 0 Å². The van der Waals surface area contributed by atoms with Crippen LogP contribution in [0.4, 0.5) is 4.79 Å². The minimum Gasteiger partial charge on any atom is -0.465 e. The van der Waals surface area contributed by atoms with Crippen molar-refractivity contribution < 1.29 is 19.5 Å². The molecule has 1 aliphatic rings. The summed E-state index contributed by atoms with van der Waals surface area (Å²) >= 11 is 0. The van der Waals surface area contributed by atoms with Crippen LogP contribution in [0, 0.1) is 0 Å². The average molecular weight is 229 g/mol. The monoisotopic (exact) mass is 229 g/mol. The Bertz CT molecular complexity index is 292. The zero-order valence-electron chi connectivity index (χ0n) is 8.78. The third-order valence-corrected chi connectivity index (χ3v) is 2.27. The molecule has 1 heterocycles. The molecule has 1 fully saturated rings. The molecule has 0 bridgehead atoms. The van der Waals surface area contributed by atoms with Gasteiger partial charge < -0.3 is 21.1 Å². The molecule has 0 aromatic heterocycles. The first-order chi connectivity index (χ1) is 7.59. The Morgan fingerprint density at radius 3 is 2.88 bits per heavy atom. The van der Waals surface area contributed by atoms with E-state index < -0.39 is 12.1 Å². The van der Waals surface area contributed by atoms with Crippen LogP contribution >= 0.6 is 0 Å². The largest absolute Gasteiger partial charge is 0.465 e. The molecule has 0 aromatic rings. The Balaban J connectivity index is 2.14. The van der Waals surface area contributed by atoms with Crippen molar-refractivity contribution >= 4 is 17.9 Å². The molecule has 3 amide bonds. The topological polar surface area (TPSA) is 108 Å². The lowest BCUT2D eigenvalue weighted by Crippen LogP contribution is -2.56. The van der Waals surface area contributed by atoms with Crippen molar-refractivity contribution in [2.45, 2.75) is 25.3 Å². The van der Waals surface area contributed by atoms with Gasteiger partial charge in [-0.05, 0) is 19.3 Å². The second-order valence-corrected chi connectivity index (χ2v) is 3.57. The van der Waals surface area contributed by atoms with Gasteiger partial charge in [-0.1, -0.05) is 0 Å². The van der Waals surface area contributed by atoms with Gasteiger partial charge in [0.15, 0.2) is 0 Å². The predicted molar refractivity (Wildman–Crippen MR) is 54.8 cm³/mol. The van der Waals surface area contributed by atoms with Crippen LogP contribution in [0.3, 0.4) is 0 Å². The van der Waals surface area contributed by atoms with E-state index in [4.69, 9.17) is 5.11 Å². The maximum Gasteiger partial charge on any atom is 0.404 e. The highest BCUT2D eigenvalue weighted by Crippen LogP contribution is 2.03. The summed E-state index contributed by atoms with van der Waals surface area (Å²) in [6.45, 7) is 0.396. The number of carboxylic acid groups (broad SMARTS) is 1. The van der Waals surface area contributed by atoms with Gasteiger partial charge in [-0.25, -0.2) is 4.79 Å². The summed E-state index contributed by atoms with van der Waals surface area (Å²) in [6.07, 6.45) is 0.799. The molecule has 7 heteroatoms. The lowest BCUT2D eigenvalue weighted by atomic mass is 10.1. The third kappa shape index (κ3) is 4.16. The van der Waals surface area contributed by atoms with Gasteiger partial charge in [0.2, 0.25) is 11.8 Å². The van der Waals surface area contributed by atoms with Gasteiger partial charge in [0, 0.05) is 6.54 Å². The van der Waals surface area contributed by atoms with Crippen molar-refractivity contribution in [3.8, 4) is 0 Å². The molecule has 4 N–H and O–H groups in total. The Hall–Kier alpha value is -1.79. The molecule has 1 aliphatic heterocycles. The van der Waals surface area contributed by atoms with Gasteiger partial charge in [0.1, 0.15) is 6.04 Å². The number of hydrogen-bond donors (Lipinski definition) is 4. The molecule has 7 nitrogen and oxygen atoms in total. The van der Waals surface area contributed by atoms with Gasteiger partial charge in [-0.3, -0.25) is 9.59 Å². The minimum absolute atomic E-state index is 0.0376. The van der Waals surface area contributed by atoms with Crippen molar-refractivity contribution in [1.29, 1.82) is 0 Å². The maximum atomic E-state index is 11.3. The summed E-state index contributed by atoms with van der Waals surface area (Å²) in [5.41, 5.74) is 0. The first-order valence-electron chi connectivity index (χ1n) is 5.13. The second-order valence-electron chi connectivity index (χ2n) is 3.57. The molecule has 0 radical (unpaired) electrons. The SMILES string of the molecule is O=C(O)NCCCCC1NC(=O)CNC1=O. The van der Waals surface area contributed by atoms with Crippen molar-refractivity contribution in [3.05, 3.63) is 0 Å². The molecule has 90 valence electrons. The fraction of sp³-hybridized carbons (Fsp3) is 0.667. The van der Waals surface area contributed by atoms with Crippen molar-refractivity contribution in [2.75, 3.05) is 13.1 Å². The van der Waals surface area contributed by atoms with E-state index in [0.29, 0.717) is 25.8 Å². The second kappa shape index (κ2) is 5.94. The summed E-state index contributed by atoms with van der Waals surface area (Å²) in [6, 6.07) is -0.480. The van der Waals surface area contributed by atoms with Gasteiger partial charge in [-0.2, -0.15) is 0 Å². The molecular weight excluding hydrogens is 214 g/mol. The summed E-state index contributed by atoms with van der Waals surface area (Å²) in [7, 11) is 0. The standard InChI is InChI=1S/C9H15N3O4/c13-7-5-11-8(14)6(12-7)3-1-2-4-10-9(15)16/h6,10H,1-5H2,(H,11,14)(H,12,13)(H,15,16). The number of nitrogens with one attached hydrogen (secondary N) is 3. The van der Waals surface area contributed by atoms with E-state index in [1.54, 1.807) is 0 Å². The van der Waals surface area contributed by atoms with Crippen LogP contribution in [-0.2, 0) is 9.59 Å². The van der Waals surface area contributed by atoms with E-state index in [1.807, 2.05) is 0 Å². The number of carbonyl (C=O) groups excluding carboxylic acids is 2. The molecule has 1 atom stereocenters. The van der Waals surface area contributed by atoms with Crippen LogP contribution < -0.4 is 16.0 Å². The van der Waals surface area contributed by atoms with Crippen LogP contribution in [-0.4, -0.2) is 42.1 Å². The number of piperazine rings is 1. The normalized spacial score (nSPS) is 19.9. The van der Waals surface area contributed by atoms with Gasteiger partial charge in [-0.15, -0.1) is 0 Å². The fourth-order valence-corrected chi connectivity index (χ4v) is 1.47. The molecule has 0 spiro atoms. The minimum atomic E-state index is -1.05. The average Bonchev–Trinajstić information content (AvgIpc) is 2.22. The molecule has 0 saturated carbocycles. The predicted octanol–water partition coefficient (Wildman–Crippen LogP) is -0.961. The van der Waals surface area contributed by atoms with Gasteiger partial charge >= 0.3 is 6.09 Å². The van der Waals surface area contributed by atoms with E-state index in [2.05, 4.69) is 16.0 Å². The molecular formula is C9H15N3O4. The van der Waals surface area contributed by atoms with Crippen molar-refractivity contribution in [1.82, 2.24) is 16.0 Å². The quantitative estimate of drug-likeness (QED) is 0.455. The molecule has 1 unspecified atom stereocenters. The zero-order valence-corrected chi connectivity index (χ0v) is 8.78. The van der Waals surface area contributed by atoms with Crippen LogP contribution in [0.25, 0.3) is 0 Å². The van der Waals surface area contributed by atoms with Gasteiger partial charge in [0.25, 0.3) is 0 Å². The lowest BCUT2D eigenvalue weighted by Gasteiger charge is -2.22. The molecule has 1 rings (SSSR count). The third-order valence-electron chi connectivity index (χ3n) is 2.27. The molecule has 16 heavy (non-hydrogen) atoms. The first kappa shape index (κ1) is 12.3. The fourth-order valence-electron chi connectivity index (χ4n) is 1.47. The van der Waals surface area contributed by atoms with Crippen LogP contribution in [0.15, 0.2) is 0 Å². The highest BCUT2D eigenvalue weighted by Gasteiger charge is 2.24. The first-order valence-corrected chi connectivity index (χ1v) is 5.13. The molecule has 1 saturated heterocycles. The van der Waals surface area contributed by atoms with E-state index in [-0.39, 0.29) is 18.4 Å². The number of hydrogen-bond acceptors (Lipinski definition) is 3. The van der Waals surface area contributed by atoms with Crippen LogP contribution in [0.5, 0.6) is 0 Å². The number of unbranched alkanes of at least 4 members (excludes halogenated alkanes) is 1.